The summed E-state index contributed by atoms with van der Waals surface area (Å²) in [7, 11) is 0. The highest BCUT2D eigenvalue weighted by atomic mass is 19.2. The summed E-state index contributed by atoms with van der Waals surface area (Å²) in [6.07, 6.45) is 1.33. The van der Waals surface area contributed by atoms with E-state index in [1.54, 1.807) is 18.2 Å². The van der Waals surface area contributed by atoms with Gasteiger partial charge in [-0.2, -0.15) is 0 Å². The lowest BCUT2D eigenvalue weighted by atomic mass is 10.1. The third-order valence-corrected chi connectivity index (χ3v) is 3.68. The van der Waals surface area contributed by atoms with Crippen molar-refractivity contribution in [3.63, 3.8) is 0 Å². The van der Waals surface area contributed by atoms with Gasteiger partial charge in [0.1, 0.15) is 0 Å². The number of carbonyl (C=O) groups is 3. The monoisotopic (exact) mass is 400 g/mol. The van der Waals surface area contributed by atoms with Crippen LogP contribution in [0, 0.1) is 11.6 Å². The van der Waals surface area contributed by atoms with Gasteiger partial charge in [0, 0.05) is 11.8 Å². The number of nitrogens with one attached hydrogen (secondary N) is 2. The van der Waals surface area contributed by atoms with E-state index in [1.165, 1.54) is 24.5 Å². The second-order valence-electron chi connectivity index (χ2n) is 5.73. The molecule has 9 heteroatoms. The number of para-hydroxylation sites is 1. The minimum atomic E-state index is -1.12. The average molecular weight is 400 g/mol. The van der Waals surface area contributed by atoms with Crippen molar-refractivity contribution >= 4 is 29.2 Å². The van der Waals surface area contributed by atoms with Crippen LogP contribution in [-0.2, 0) is 9.53 Å². The molecule has 1 heterocycles. The standard InChI is InChI=1S/C20H14F2N2O5/c21-14-8-7-12(10-15(14)22)23-18(25)11-29-20(27)13-4-1-2-5-16(13)24-19(26)17-6-3-9-28-17/h1-10H,11H2,(H,23,25)(H,24,26). The van der Waals surface area contributed by atoms with Crippen LogP contribution in [0.4, 0.5) is 20.2 Å². The Morgan fingerprint density at radius 1 is 0.931 bits per heavy atom. The predicted octanol–water partition coefficient (Wildman–Crippen LogP) is 3.61. The lowest BCUT2D eigenvalue weighted by molar-refractivity contribution is -0.119. The zero-order valence-electron chi connectivity index (χ0n) is 14.8. The lowest BCUT2D eigenvalue weighted by Gasteiger charge is -2.10. The fraction of sp³-hybridized carbons (Fsp3) is 0.0500. The van der Waals surface area contributed by atoms with Crippen LogP contribution in [0.2, 0.25) is 0 Å². The number of carbonyl (C=O) groups excluding carboxylic acids is 3. The minimum Gasteiger partial charge on any atom is -0.459 e. The zero-order chi connectivity index (χ0) is 20.8. The van der Waals surface area contributed by atoms with E-state index in [-0.39, 0.29) is 22.7 Å². The first-order chi connectivity index (χ1) is 13.9. The Hall–Kier alpha value is -4.01. The van der Waals surface area contributed by atoms with Crippen LogP contribution in [0.15, 0.2) is 65.3 Å². The molecule has 0 radical (unpaired) electrons. The van der Waals surface area contributed by atoms with E-state index in [9.17, 15) is 23.2 Å². The number of furan rings is 1. The van der Waals surface area contributed by atoms with E-state index in [2.05, 4.69) is 10.6 Å². The normalized spacial score (nSPS) is 10.3. The van der Waals surface area contributed by atoms with Crippen molar-refractivity contribution < 1.29 is 32.3 Å². The van der Waals surface area contributed by atoms with Crippen LogP contribution < -0.4 is 10.6 Å². The summed E-state index contributed by atoms with van der Waals surface area (Å²) in [5.74, 6) is -4.30. The molecule has 29 heavy (non-hydrogen) atoms. The number of anilines is 2. The summed E-state index contributed by atoms with van der Waals surface area (Å²) in [6.45, 7) is -0.668. The maximum absolute atomic E-state index is 13.2. The number of halogens is 2. The number of hydrogen-bond acceptors (Lipinski definition) is 5. The Morgan fingerprint density at radius 2 is 1.72 bits per heavy atom. The molecule has 1 aromatic heterocycles. The van der Waals surface area contributed by atoms with E-state index in [0.717, 1.165) is 18.2 Å². The van der Waals surface area contributed by atoms with Crippen molar-refractivity contribution in [3.8, 4) is 0 Å². The summed E-state index contributed by atoms with van der Waals surface area (Å²) in [6, 6.07) is 11.9. The van der Waals surface area contributed by atoms with Crippen molar-refractivity contribution in [2.75, 3.05) is 17.2 Å². The van der Waals surface area contributed by atoms with Gasteiger partial charge in [-0.15, -0.1) is 0 Å². The van der Waals surface area contributed by atoms with E-state index >= 15 is 0 Å². The molecule has 2 N–H and O–H groups in total. The summed E-state index contributed by atoms with van der Waals surface area (Å²) in [5.41, 5.74) is 0.198. The quantitative estimate of drug-likeness (QED) is 0.616. The van der Waals surface area contributed by atoms with Gasteiger partial charge in [-0.3, -0.25) is 9.59 Å². The van der Waals surface area contributed by atoms with E-state index in [0.29, 0.717) is 0 Å². The number of benzene rings is 2. The second kappa shape index (κ2) is 8.79. The molecular weight excluding hydrogens is 386 g/mol. The van der Waals surface area contributed by atoms with Gasteiger partial charge in [-0.1, -0.05) is 12.1 Å². The molecule has 0 aliphatic heterocycles. The fourth-order valence-corrected chi connectivity index (χ4v) is 2.34. The molecular formula is C20H14F2N2O5. The topological polar surface area (TPSA) is 97.6 Å². The van der Waals surface area contributed by atoms with Crippen LogP contribution in [-0.4, -0.2) is 24.4 Å². The first-order valence-electron chi connectivity index (χ1n) is 8.30. The largest absolute Gasteiger partial charge is 0.459 e. The van der Waals surface area contributed by atoms with Crippen LogP contribution in [0.5, 0.6) is 0 Å². The Bertz CT molecular complexity index is 1050. The van der Waals surface area contributed by atoms with Gasteiger partial charge in [0.2, 0.25) is 0 Å². The smallest absolute Gasteiger partial charge is 0.340 e. The predicted molar refractivity (Wildman–Crippen MR) is 98.4 cm³/mol. The molecule has 0 aliphatic rings. The first kappa shape index (κ1) is 19.7. The molecule has 2 amide bonds. The van der Waals surface area contributed by atoms with Gasteiger partial charge in [0.15, 0.2) is 24.0 Å². The van der Waals surface area contributed by atoms with Crippen molar-refractivity contribution in [3.05, 3.63) is 83.8 Å². The third-order valence-electron chi connectivity index (χ3n) is 3.68. The highest BCUT2D eigenvalue weighted by Crippen LogP contribution is 2.18. The molecule has 0 bridgehead atoms. The Balaban J connectivity index is 1.61. The molecule has 3 aromatic rings. The molecule has 148 valence electrons. The van der Waals surface area contributed by atoms with E-state index < -0.39 is 36.0 Å². The molecule has 3 rings (SSSR count). The molecule has 0 saturated heterocycles. The maximum Gasteiger partial charge on any atom is 0.340 e. The van der Waals surface area contributed by atoms with Crippen LogP contribution in [0.25, 0.3) is 0 Å². The summed E-state index contributed by atoms with van der Waals surface area (Å²) in [4.78, 5) is 36.3. The van der Waals surface area contributed by atoms with Gasteiger partial charge in [-0.25, -0.2) is 13.6 Å². The Morgan fingerprint density at radius 3 is 2.45 bits per heavy atom. The number of ether oxygens (including phenoxy) is 1. The maximum atomic E-state index is 13.2. The van der Waals surface area contributed by atoms with Gasteiger partial charge in [-0.05, 0) is 36.4 Å². The highest BCUT2D eigenvalue weighted by Gasteiger charge is 2.17. The Labute approximate surface area is 163 Å². The number of esters is 1. The van der Waals surface area contributed by atoms with Gasteiger partial charge in [0.05, 0.1) is 17.5 Å². The van der Waals surface area contributed by atoms with Crippen molar-refractivity contribution in [2.45, 2.75) is 0 Å². The summed E-state index contributed by atoms with van der Waals surface area (Å²) in [5, 5.41) is 4.80. The van der Waals surface area contributed by atoms with Gasteiger partial charge < -0.3 is 19.8 Å². The van der Waals surface area contributed by atoms with Crippen LogP contribution in [0.3, 0.4) is 0 Å². The van der Waals surface area contributed by atoms with Gasteiger partial charge in [0.25, 0.3) is 11.8 Å². The molecule has 0 aliphatic carbocycles. The van der Waals surface area contributed by atoms with E-state index in [4.69, 9.17) is 9.15 Å². The molecule has 0 spiro atoms. The number of hydrogen-bond donors (Lipinski definition) is 2. The summed E-state index contributed by atoms with van der Waals surface area (Å²) < 4.78 is 36.0. The van der Waals surface area contributed by atoms with Crippen molar-refractivity contribution in [2.24, 2.45) is 0 Å². The van der Waals surface area contributed by atoms with Crippen LogP contribution in [0.1, 0.15) is 20.9 Å². The molecule has 0 fully saturated rings. The second-order valence-corrected chi connectivity index (χ2v) is 5.73. The van der Waals surface area contributed by atoms with E-state index in [1.807, 2.05) is 0 Å². The molecule has 0 atom stereocenters. The van der Waals surface area contributed by atoms with Crippen molar-refractivity contribution in [1.29, 1.82) is 0 Å². The SMILES string of the molecule is O=C(COC(=O)c1ccccc1NC(=O)c1ccco1)Nc1ccc(F)c(F)c1. The Kier molecular flexibility index (Phi) is 5.98. The van der Waals surface area contributed by atoms with Crippen molar-refractivity contribution in [1.82, 2.24) is 0 Å². The molecule has 0 saturated carbocycles. The molecule has 2 aromatic carbocycles. The molecule has 7 nitrogen and oxygen atoms in total. The third kappa shape index (κ3) is 5.04. The number of amides is 2. The zero-order valence-corrected chi connectivity index (χ0v) is 14.8. The van der Waals surface area contributed by atoms with Crippen LogP contribution >= 0.6 is 0 Å². The van der Waals surface area contributed by atoms with Gasteiger partial charge >= 0.3 is 5.97 Å². The highest BCUT2D eigenvalue weighted by molar-refractivity contribution is 6.07. The molecule has 0 unspecified atom stereocenters. The first-order valence-corrected chi connectivity index (χ1v) is 8.30. The summed E-state index contributed by atoms with van der Waals surface area (Å²) >= 11 is 0. The lowest BCUT2D eigenvalue weighted by Crippen LogP contribution is -2.22. The number of rotatable bonds is 6. The average Bonchev–Trinajstić information content (AvgIpc) is 3.24. The fourth-order valence-electron chi connectivity index (χ4n) is 2.34. The minimum absolute atomic E-state index is 0.0102.